The zero-order valence-electron chi connectivity index (χ0n) is 15.4. The third-order valence-electron chi connectivity index (χ3n) is 4.49. The Balaban J connectivity index is 1.54. The Morgan fingerprint density at radius 1 is 1.32 bits per heavy atom. The van der Waals surface area contributed by atoms with Gasteiger partial charge in [0.25, 0.3) is 0 Å². The average molecular weight is 376 g/mol. The average Bonchev–Trinajstić information content (AvgIpc) is 3.38. The van der Waals surface area contributed by atoms with Crippen molar-refractivity contribution in [3.63, 3.8) is 0 Å². The van der Waals surface area contributed by atoms with Crippen LogP contribution in [0.15, 0.2) is 53.5 Å². The van der Waals surface area contributed by atoms with Crippen molar-refractivity contribution in [3.8, 4) is 0 Å². The van der Waals surface area contributed by atoms with E-state index in [-0.39, 0.29) is 11.9 Å². The van der Waals surface area contributed by atoms with Crippen LogP contribution in [0.25, 0.3) is 6.08 Å². The van der Waals surface area contributed by atoms with Gasteiger partial charge in [-0.2, -0.15) is 0 Å². The van der Waals surface area contributed by atoms with Gasteiger partial charge in [-0.1, -0.05) is 0 Å². The number of furan rings is 1. The van der Waals surface area contributed by atoms with Crippen molar-refractivity contribution in [1.82, 2.24) is 24.8 Å². The predicted molar refractivity (Wildman–Crippen MR) is 104 cm³/mol. The molecule has 0 bridgehead atoms. The number of aryl methyl sites for hydroxylation is 1. The molecule has 1 aliphatic heterocycles. The van der Waals surface area contributed by atoms with E-state index >= 15 is 0 Å². The van der Waals surface area contributed by atoms with Crippen LogP contribution in [0, 0.1) is 6.92 Å². The molecular weight excluding hydrogens is 356 g/mol. The van der Waals surface area contributed by atoms with Gasteiger partial charge in [0.05, 0.1) is 24.2 Å². The Hall–Kier alpha value is -3.55. The monoisotopic (exact) mass is 376 g/mol. The first-order valence-corrected chi connectivity index (χ1v) is 9.10. The van der Waals surface area contributed by atoms with Gasteiger partial charge < -0.3 is 14.6 Å². The number of carbonyl (C=O) groups is 1. The van der Waals surface area contributed by atoms with E-state index in [0.29, 0.717) is 29.8 Å². The maximum atomic E-state index is 12.7. The number of amides is 1. The number of nitrogens with one attached hydrogen (secondary N) is 1. The topological polar surface area (TPSA) is 97.0 Å². The van der Waals surface area contributed by atoms with Crippen LogP contribution in [0.5, 0.6) is 0 Å². The molecule has 4 heterocycles. The van der Waals surface area contributed by atoms with Crippen LogP contribution in [-0.2, 0) is 4.79 Å². The first-order chi connectivity index (χ1) is 13.7. The maximum Gasteiger partial charge on any atom is 0.247 e. The van der Waals surface area contributed by atoms with E-state index in [2.05, 4.69) is 25.3 Å². The van der Waals surface area contributed by atoms with Crippen LogP contribution < -0.4 is 5.32 Å². The molecule has 1 aliphatic rings. The lowest BCUT2D eigenvalue weighted by Crippen LogP contribution is -2.29. The molecule has 1 atom stereocenters. The largest absolute Gasteiger partial charge is 0.465 e. The number of carbonyl (C=O) groups excluding carboxylic acids is 1. The van der Waals surface area contributed by atoms with Crippen molar-refractivity contribution in [3.05, 3.63) is 66.4 Å². The summed E-state index contributed by atoms with van der Waals surface area (Å²) in [6.07, 6.45) is 11.5. The van der Waals surface area contributed by atoms with Crippen molar-refractivity contribution < 1.29 is 9.21 Å². The molecular formula is C20H20N6O2. The second-order valence-corrected chi connectivity index (χ2v) is 6.48. The quantitative estimate of drug-likeness (QED) is 0.682. The smallest absolute Gasteiger partial charge is 0.247 e. The lowest BCUT2D eigenvalue weighted by molar-refractivity contribution is -0.126. The van der Waals surface area contributed by atoms with Gasteiger partial charge in [0.15, 0.2) is 0 Å². The summed E-state index contributed by atoms with van der Waals surface area (Å²) in [6.45, 7) is 2.53. The van der Waals surface area contributed by atoms with Crippen molar-refractivity contribution >= 4 is 23.6 Å². The third-order valence-corrected chi connectivity index (χ3v) is 4.49. The van der Waals surface area contributed by atoms with E-state index < -0.39 is 0 Å². The van der Waals surface area contributed by atoms with Gasteiger partial charge in [0.1, 0.15) is 23.2 Å². The Labute approximate surface area is 162 Å². The fraction of sp³-hybridized carbons (Fsp3) is 0.250. The highest BCUT2D eigenvalue weighted by atomic mass is 16.3. The Kier molecular flexibility index (Phi) is 5.09. The standard InChI is InChI=1S/C20H20N6O2/c1-14-23-16(12-18(24-14)25-19-13-21-8-9-22-19)17-5-2-10-26(17)20(27)7-6-15-4-3-11-28-15/h3-4,6-9,11-13,17H,2,5,10H2,1H3,(H,22,23,24,25)/b7-6+. The zero-order valence-corrected chi connectivity index (χ0v) is 15.4. The molecule has 1 unspecified atom stereocenters. The molecule has 8 heteroatoms. The summed E-state index contributed by atoms with van der Waals surface area (Å²) in [5.41, 5.74) is 0.816. The number of rotatable bonds is 5. The van der Waals surface area contributed by atoms with Crippen LogP contribution in [0.4, 0.5) is 11.6 Å². The minimum atomic E-state index is -0.0853. The molecule has 4 rings (SSSR count). The Morgan fingerprint density at radius 3 is 3.04 bits per heavy atom. The van der Waals surface area contributed by atoms with Crippen LogP contribution in [0.2, 0.25) is 0 Å². The van der Waals surface area contributed by atoms with E-state index in [9.17, 15) is 4.79 Å². The lowest BCUT2D eigenvalue weighted by Gasteiger charge is -2.23. The summed E-state index contributed by atoms with van der Waals surface area (Å²) in [5, 5.41) is 3.14. The molecule has 8 nitrogen and oxygen atoms in total. The fourth-order valence-corrected chi connectivity index (χ4v) is 3.29. The van der Waals surface area contributed by atoms with E-state index in [0.717, 1.165) is 18.5 Å². The van der Waals surface area contributed by atoms with E-state index in [1.54, 1.807) is 43.1 Å². The molecule has 0 saturated carbocycles. The highest BCUT2D eigenvalue weighted by molar-refractivity contribution is 5.91. The highest BCUT2D eigenvalue weighted by Gasteiger charge is 2.30. The summed E-state index contributed by atoms with van der Waals surface area (Å²) in [7, 11) is 0. The molecule has 1 amide bonds. The van der Waals surface area contributed by atoms with E-state index in [1.165, 1.54) is 0 Å². The predicted octanol–water partition coefficient (Wildman–Crippen LogP) is 3.29. The second-order valence-electron chi connectivity index (χ2n) is 6.48. The molecule has 1 N–H and O–H groups in total. The lowest BCUT2D eigenvalue weighted by atomic mass is 10.1. The van der Waals surface area contributed by atoms with Crippen LogP contribution >= 0.6 is 0 Å². The first-order valence-electron chi connectivity index (χ1n) is 9.10. The molecule has 28 heavy (non-hydrogen) atoms. The van der Waals surface area contributed by atoms with Crippen molar-refractivity contribution in [2.75, 3.05) is 11.9 Å². The van der Waals surface area contributed by atoms with Gasteiger partial charge >= 0.3 is 0 Å². The molecule has 0 spiro atoms. The molecule has 0 aromatic carbocycles. The van der Waals surface area contributed by atoms with Crippen LogP contribution in [0.3, 0.4) is 0 Å². The first kappa shape index (κ1) is 17.8. The number of anilines is 2. The highest BCUT2D eigenvalue weighted by Crippen LogP contribution is 2.32. The third kappa shape index (κ3) is 4.06. The van der Waals surface area contributed by atoms with Crippen LogP contribution in [-0.4, -0.2) is 37.3 Å². The summed E-state index contributed by atoms with van der Waals surface area (Å²) >= 11 is 0. The fourth-order valence-electron chi connectivity index (χ4n) is 3.29. The van der Waals surface area contributed by atoms with Gasteiger partial charge in [0, 0.05) is 31.1 Å². The number of aromatic nitrogens is 4. The molecule has 3 aromatic rings. The summed E-state index contributed by atoms with van der Waals surface area (Å²) in [4.78, 5) is 31.8. The number of likely N-dealkylation sites (tertiary alicyclic amines) is 1. The molecule has 0 radical (unpaired) electrons. The second kappa shape index (κ2) is 7.99. The SMILES string of the molecule is Cc1nc(Nc2cnccn2)cc(C2CCCN2C(=O)/C=C/c2ccco2)n1. The summed E-state index contributed by atoms with van der Waals surface area (Å²) in [5.74, 6) is 2.46. The number of nitrogens with zero attached hydrogens (tertiary/aromatic N) is 5. The van der Waals surface area contributed by atoms with Gasteiger partial charge in [-0.05, 0) is 38.0 Å². The normalized spacial score (nSPS) is 16.6. The molecule has 142 valence electrons. The maximum absolute atomic E-state index is 12.7. The minimum absolute atomic E-state index is 0.0569. The summed E-state index contributed by atoms with van der Waals surface area (Å²) < 4.78 is 5.25. The van der Waals surface area contributed by atoms with Crippen molar-refractivity contribution in [1.29, 1.82) is 0 Å². The van der Waals surface area contributed by atoms with Crippen LogP contribution in [0.1, 0.15) is 36.2 Å². The number of hydrogen-bond acceptors (Lipinski definition) is 7. The molecule has 1 fully saturated rings. The molecule has 3 aromatic heterocycles. The van der Waals surface area contributed by atoms with E-state index in [1.807, 2.05) is 24.0 Å². The van der Waals surface area contributed by atoms with Crippen molar-refractivity contribution in [2.24, 2.45) is 0 Å². The van der Waals surface area contributed by atoms with Gasteiger partial charge in [-0.15, -0.1) is 0 Å². The zero-order chi connectivity index (χ0) is 19.3. The summed E-state index contributed by atoms with van der Waals surface area (Å²) in [6, 6.07) is 5.38. The number of hydrogen-bond donors (Lipinski definition) is 1. The van der Waals surface area contributed by atoms with Gasteiger partial charge in [0.2, 0.25) is 5.91 Å². The van der Waals surface area contributed by atoms with E-state index in [4.69, 9.17) is 4.42 Å². The van der Waals surface area contributed by atoms with Gasteiger partial charge in [-0.25, -0.2) is 15.0 Å². The Morgan fingerprint density at radius 2 is 2.25 bits per heavy atom. The Bertz CT molecular complexity index is 972. The van der Waals surface area contributed by atoms with Gasteiger partial charge in [-0.3, -0.25) is 9.78 Å². The molecule has 1 saturated heterocycles. The van der Waals surface area contributed by atoms with Crippen molar-refractivity contribution in [2.45, 2.75) is 25.8 Å². The molecule has 0 aliphatic carbocycles. The minimum Gasteiger partial charge on any atom is -0.465 e.